The number of Topliss-reactive ketones (excluding diaryl/α,β-unsaturated/α-hetero) is 1. The van der Waals surface area contributed by atoms with Gasteiger partial charge in [-0.15, -0.1) is 5.10 Å². The lowest BCUT2D eigenvalue weighted by Crippen LogP contribution is -2.00. The Morgan fingerprint density at radius 3 is 2.46 bits per heavy atom. The number of aryl methyl sites for hydroxylation is 1. The zero-order valence-corrected chi connectivity index (χ0v) is 13.0. The van der Waals surface area contributed by atoms with Crippen molar-refractivity contribution in [3.8, 4) is 5.69 Å². The van der Waals surface area contributed by atoms with Crippen LogP contribution in [0.2, 0.25) is 0 Å². The highest BCUT2D eigenvalue weighted by atomic mass is 19.1. The Morgan fingerprint density at radius 1 is 1.08 bits per heavy atom. The fourth-order valence-electron chi connectivity index (χ4n) is 2.30. The molecule has 1 aromatic heterocycles. The lowest BCUT2D eigenvalue weighted by molar-refractivity contribution is 0.101. The number of carbonyl (C=O) groups excluding carboxylic acids is 1. The number of anilines is 2. The number of nitrogens with one attached hydrogen (secondary N) is 1. The highest BCUT2D eigenvalue weighted by Crippen LogP contribution is 2.19. The molecule has 0 saturated carbocycles. The Hall–Kier alpha value is -3.09. The van der Waals surface area contributed by atoms with Crippen molar-refractivity contribution < 1.29 is 13.6 Å². The maximum absolute atomic E-state index is 13.3. The van der Waals surface area contributed by atoms with Crippen LogP contribution in [0.1, 0.15) is 22.8 Å². The van der Waals surface area contributed by atoms with Crippen LogP contribution in [0.25, 0.3) is 5.69 Å². The maximum Gasteiger partial charge on any atom is 0.246 e. The van der Waals surface area contributed by atoms with E-state index in [0.29, 0.717) is 11.3 Å². The maximum atomic E-state index is 13.3. The monoisotopic (exact) mass is 328 g/mol. The number of halogens is 2. The predicted octanol–water partition coefficient (Wildman–Crippen LogP) is 3.80. The molecule has 3 rings (SSSR count). The molecule has 0 aliphatic heterocycles. The van der Waals surface area contributed by atoms with Crippen molar-refractivity contribution in [1.82, 2.24) is 14.8 Å². The Morgan fingerprint density at radius 2 is 1.79 bits per heavy atom. The second-order valence-corrected chi connectivity index (χ2v) is 5.41. The molecule has 0 amide bonds. The Labute approximate surface area is 137 Å². The number of aromatic nitrogens is 3. The van der Waals surface area contributed by atoms with Crippen molar-refractivity contribution in [2.75, 3.05) is 5.32 Å². The van der Waals surface area contributed by atoms with Crippen LogP contribution in [-0.2, 0) is 0 Å². The van der Waals surface area contributed by atoms with Gasteiger partial charge in [-0.05, 0) is 49.7 Å². The van der Waals surface area contributed by atoms with Crippen LogP contribution < -0.4 is 5.32 Å². The van der Waals surface area contributed by atoms with E-state index < -0.39 is 11.6 Å². The number of hydrogen-bond acceptors (Lipinski definition) is 4. The smallest absolute Gasteiger partial charge is 0.246 e. The normalized spacial score (nSPS) is 10.7. The molecular weight excluding hydrogens is 314 g/mol. The number of nitrogens with zero attached hydrogens (tertiary/aromatic N) is 3. The van der Waals surface area contributed by atoms with Crippen molar-refractivity contribution in [3.63, 3.8) is 0 Å². The minimum absolute atomic E-state index is 0.0459. The Kier molecular flexibility index (Phi) is 4.07. The second-order valence-electron chi connectivity index (χ2n) is 5.41. The summed E-state index contributed by atoms with van der Waals surface area (Å²) in [5.74, 6) is -1.19. The zero-order chi connectivity index (χ0) is 17.3. The van der Waals surface area contributed by atoms with E-state index in [1.165, 1.54) is 17.9 Å². The fourth-order valence-corrected chi connectivity index (χ4v) is 2.30. The predicted molar refractivity (Wildman–Crippen MR) is 85.7 cm³/mol. The summed E-state index contributed by atoms with van der Waals surface area (Å²) in [7, 11) is 0. The molecule has 3 aromatic rings. The minimum atomic E-state index is -0.695. The molecule has 0 saturated heterocycles. The van der Waals surface area contributed by atoms with E-state index >= 15 is 0 Å². The first kappa shape index (κ1) is 15.8. The first-order valence-corrected chi connectivity index (χ1v) is 7.18. The number of hydrogen-bond donors (Lipinski definition) is 1. The molecule has 0 bridgehead atoms. The molecule has 2 aromatic carbocycles. The highest BCUT2D eigenvalue weighted by molar-refractivity contribution is 5.95. The summed E-state index contributed by atoms with van der Waals surface area (Å²) in [6.07, 6.45) is 1.35. The van der Waals surface area contributed by atoms with E-state index in [0.717, 1.165) is 23.8 Å². The zero-order valence-electron chi connectivity index (χ0n) is 13.0. The number of rotatable bonds is 4. The molecular formula is C17H14F2N4O. The van der Waals surface area contributed by atoms with Crippen molar-refractivity contribution in [2.45, 2.75) is 13.8 Å². The molecule has 0 aliphatic carbocycles. The summed E-state index contributed by atoms with van der Waals surface area (Å²) in [6.45, 7) is 3.36. The minimum Gasteiger partial charge on any atom is -0.323 e. The van der Waals surface area contributed by atoms with Gasteiger partial charge in [0.05, 0.1) is 5.69 Å². The van der Waals surface area contributed by atoms with Gasteiger partial charge < -0.3 is 5.32 Å². The summed E-state index contributed by atoms with van der Waals surface area (Å²) < 4.78 is 27.8. The van der Waals surface area contributed by atoms with Gasteiger partial charge in [-0.2, -0.15) is 4.98 Å². The third kappa shape index (κ3) is 3.45. The van der Waals surface area contributed by atoms with E-state index in [-0.39, 0.29) is 17.4 Å². The third-order valence-electron chi connectivity index (χ3n) is 3.34. The van der Waals surface area contributed by atoms with Gasteiger partial charge in [0.2, 0.25) is 5.95 Å². The lowest BCUT2D eigenvalue weighted by Gasteiger charge is -2.06. The topological polar surface area (TPSA) is 59.8 Å². The van der Waals surface area contributed by atoms with Crippen LogP contribution >= 0.6 is 0 Å². The van der Waals surface area contributed by atoms with E-state index in [1.54, 1.807) is 12.1 Å². The van der Waals surface area contributed by atoms with E-state index in [9.17, 15) is 13.6 Å². The number of benzene rings is 2. The fraction of sp³-hybridized carbons (Fsp3) is 0.118. The number of ketones is 1. The molecule has 0 unspecified atom stereocenters. The van der Waals surface area contributed by atoms with Crippen LogP contribution in [0, 0.1) is 18.6 Å². The quantitative estimate of drug-likeness (QED) is 0.740. The summed E-state index contributed by atoms with van der Waals surface area (Å²) in [6, 6.07) is 8.42. The van der Waals surface area contributed by atoms with Gasteiger partial charge >= 0.3 is 0 Å². The van der Waals surface area contributed by atoms with Gasteiger partial charge in [-0.25, -0.2) is 13.5 Å². The molecule has 0 spiro atoms. The highest BCUT2D eigenvalue weighted by Gasteiger charge is 2.08. The van der Waals surface area contributed by atoms with Gasteiger partial charge in [0.25, 0.3) is 0 Å². The lowest BCUT2D eigenvalue weighted by atomic mass is 10.1. The molecule has 7 heteroatoms. The Balaban J connectivity index is 1.88. The summed E-state index contributed by atoms with van der Waals surface area (Å²) in [5, 5.41) is 7.11. The van der Waals surface area contributed by atoms with Crippen LogP contribution in [0.3, 0.4) is 0 Å². The second kappa shape index (κ2) is 6.19. The largest absolute Gasteiger partial charge is 0.323 e. The number of carbonyl (C=O) groups is 1. The average molecular weight is 328 g/mol. The summed E-state index contributed by atoms with van der Waals surface area (Å²) >= 11 is 0. The van der Waals surface area contributed by atoms with Gasteiger partial charge in [-0.3, -0.25) is 4.79 Å². The summed E-state index contributed by atoms with van der Waals surface area (Å²) in [4.78, 5) is 15.6. The molecule has 0 radical (unpaired) electrons. The van der Waals surface area contributed by atoms with Crippen molar-refractivity contribution in [3.05, 3.63) is 65.5 Å². The first-order valence-electron chi connectivity index (χ1n) is 7.18. The van der Waals surface area contributed by atoms with Gasteiger partial charge in [0, 0.05) is 17.3 Å². The van der Waals surface area contributed by atoms with E-state index in [2.05, 4.69) is 15.4 Å². The first-order chi connectivity index (χ1) is 11.4. The van der Waals surface area contributed by atoms with Crippen LogP contribution in [0.4, 0.5) is 20.4 Å². The van der Waals surface area contributed by atoms with E-state index in [4.69, 9.17) is 0 Å². The summed E-state index contributed by atoms with van der Waals surface area (Å²) in [5.41, 5.74) is 2.37. The van der Waals surface area contributed by atoms with Gasteiger partial charge in [0.15, 0.2) is 5.78 Å². The van der Waals surface area contributed by atoms with Crippen molar-refractivity contribution >= 4 is 17.4 Å². The standard InChI is InChI=1S/C17H14F2N4O/c1-10-3-12(11(2)24)5-15(4-10)21-17-20-9-23(22-17)16-7-13(18)6-14(19)8-16/h3-9H,1-2H3,(H,21,22). The van der Waals surface area contributed by atoms with Crippen LogP contribution in [0.15, 0.2) is 42.7 Å². The molecule has 122 valence electrons. The van der Waals surface area contributed by atoms with Gasteiger partial charge in [0.1, 0.15) is 18.0 Å². The molecule has 5 nitrogen and oxygen atoms in total. The third-order valence-corrected chi connectivity index (χ3v) is 3.34. The Bertz CT molecular complexity index is 900. The van der Waals surface area contributed by atoms with Gasteiger partial charge in [-0.1, -0.05) is 0 Å². The molecule has 24 heavy (non-hydrogen) atoms. The molecule has 0 atom stereocenters. The van der Waals surface area contributed by atoms with Crippen LogP contribution in [0.5, 0.6) is 0 Å². The SMILES string of the molecule is CC(=O)c1cc(C)cc(Nc2ncn(-c3cc(F)cc(F)c3)n2)c1. The molecule has 1 heterocycles. The van der Waals surface area contributed by atoms with E-state index in [1.807, 2.05) is 13.0 Å². The van der Waals surface area contributed by atoms with Crippen LogP contribution in [-0.4, -0.2) is 20.5 Å². The molecule has 0 aliphatic rings. The van der Waals surface area contributed by atoms with Crippen molar-refractivity contribution in [2.24, 2.45) is 0 Å². The molecule has 1 N–H and O–H groups in total. The van der Waals surface area contributed by atoms with Crippen molar-refractivity contribution in [1.29, 1.82) is 0 Å². The average Bonchev–Trinajstić information content (AvgIpc) is 2.94. The molecule has 0 fully saturated rings.